The Kier molecular flexibility index (Phi) is 5.60. The van der Waals surface area contributed by atoms with Crippen LogP contribution in [-0.2, 0) is 6.54 Å². The van der Waals surface area contributed by atoms with Crippen LogP contribution in [-0.4, -0.2) is 34.4 Å². The molecule has 27 heavy (non-hydrogen) atoms. The van der Waals surface area contributed by atoms with Gasteiger partial charge in [-0.25, -0.2) is 9.67 Å². The van der Waals surface area contributed by atoms with Crippen molar-refractivity contribution in [3.8, 4) is 17.2 Å². The summed E-state index contributed by atoms with van der Waals surface area (Å²) in [5, 5.41) is 6.78. The predicted molar refractivity (Wildman–Crippen MR) is 92.2 cm³/mol. The smallest absolute Gasteiger partial charge is 0.387 e. The van der Waals surface area contributed by atoms with Crippen molar-refractivity contribution in [1.82, 2.24) is 20.1 Å². The van der Waals surface area contributed by atoms with Gasteiger partial charge in [-0.3, -0.25) is 4.79 Å². The van der Waals surface area contributed by atoms with E-state index in [9.17, 15) is 13.6 Å². The number of ether oxygens (including phenoxy) is 2. The molecule has 0 bridgehead atoms. The van der Waals surface area contributed by atoms with Crippen LogP contribution in [0.5, 0.6) is 11.5 Å². The zero-order chi connectivity index (χ0) is 19.2. The first-order valence-corrected chi connectivity index (χ1v) is 7.92. The fourth-order valence-electron chi connectivity index (χ4n) is 2.41. The number of carbonyl (C=O) groups is 1. The number of halogens is 2. The molecule has 1 N–H and O–H groups in total. The van der Waals surface area contributed by atoms with E-state index >= 15 is 0 Å². The van der Waals surface area contributed by atoms with E-state index in [1.54, 1.807) is 41.3 Å². The van der Waals surface area contributed by atoms with E-state index in [1.165, 1.54) is 25.6 Å². The van der Waals surface area contributed by atoms with Crippen LogP contribution in [0, 0.1) is 0 Å². The van der Waals surface area contributed by atoms with E-state index < -0.39 is 6.61 Å². The van der Waals surface area contributed by atoms with Crippen molar-refractivity contribution < 1.29 is 23.0 Å². The third-order valence-corrected chi connectivity index (χ3v) is 3.71. The number of hydrogen-bond acceptors (Lipinski definition) is 5. The average molecular weight is 374 g/mol. The minimum absolute atomic E-state index is 0.0636. The van der Waals surface area contributed by atoms with E-state index in [0.29, 0.717) is 11.1 Å². The molecule has 0 aliphatic heterocycles. The molecular formula is C18H16F2N4O3. The minimum Gasteiger partial charge on any atom is -0.493 e. The second-order valence-electron chi connectivity index (χ2n) is 5.43. The van der Waals surface area contributed by atoms with Crippen LogP contribution in [0.15, 0.2) is 55.1 Å². The lowest BCUT2D eigenvalue weighted by atomic mass is 10.1. The normalized spacial score (nSPS) is 10.7. The van der Waals surface area contributed by atoms with Crippen LogP contribution in [0.3, 0.4) is 0 Å². The maximum Gasteiger partial charge on any atom is 0.387 e. The third kappa shape index (κ3) is 4.57. The Balaban J connectivity index is 1.63. The van der Waals surface area contributed by atoms with Gasteiger partial charge in [-0.05, 0) is 42.0 Å². The molecule has 0 radical (unpaired) electrons. The van der Waals surface area contributed by atoms with Gasteiger partial charge < -0.3 is 14.8 Å². The average Bonchev–Trinajstić information content (AvgIpc) is 3.21. The zero-order valence-corrected chi connectivity index (χ0v) is 14.3. The Morgan fingerprint density at radius 3 is 2.59 bits per heavy atom. The van der Waals surface area contributed by atoms with Gasteiger partial charge in [0.15, 0.2) is 11.5 Å². The number of nitrogens with one attached hydrogen (secondary N) is 1. The van der Waals surface area contributed by atoms with E-state index in [1.807, 2.05) is 0 Å². The molecular weight excluding hydrogens is 358 g/mol. The second-order valence-corrected chi connectivity index (χ2v) is 5.43. The highest BCUT2D eigenvalue weighted by atomic mass is 19.3. The summed E-state index contributed by atoms with van der Waals surface area (Å²) in [4.78, 5) is 16.1. The highest BCUT2D eigenvalue weighted by molar-refractivity contribution is 5.94. The summed E-state index contributed by atoms with van der Waals surface area (Å²) in [6, 6.07) is 11.3. The molecule has 140 valence electrons. The number of aromatic nitrogens is 3. The molecule has 0 saturated carbocycles. The summed E-state index contributed by atoms with van der Waals surface area (Å²) in [7, 11) is 1.35. The molecule has 1 aromatic heterocycles. The Morgan fingerprint density at radius 2 is 1.96 bits per heavy atom. The summed E-state index contributed by atoms with van der Waals surface area (Å²) in [6.45, 7) is -2.74. The van der Waals surface area contributed by atoms with Crippen molar-refractivity contribution in [2.75, 3.05) is 7.11 Å². The fraction of sp³-hybridized carbons (Fsp3) is 0.167. The molecule has 3 rings (SSSR count). The molecule has 1 amide bonds. The number of hydrogen-bond donors (Lipinski definition) is 1. The molecule has 0 atom stereocenters. The molecule has 3 aromatic rings. The molecule has 0 spiro atoms. The molecule has 0 saturated heterocycles. The van der Waals surface area contributed by atoms with E-state index in [4.69, 9.17) is 4.74 Å². The summed E-state index contributed by atoms with van der Waals surface area (Å²) in [6.07, 6.45) is 2.98. The van der Waals surface area contributed by atoms with Crippen LogP contribution in [0.2, 0.25) is 0 Å². The van der Waals surface area contributed by atoms with Crippen molar-refractivity contribution >= 4 is 5.91 Å². The number of amides is 1. The quantitative estimate of drug-likeness (QED) is 0.688. The first kappa shape index (κ1) is 18.3. The van der Waals surface area contributed by atoms with Crippen molar-refractivity contribution in [3.63, 3.8) is 0 Å². The first-order chi connectivity index (χ1) is 13.1. The summed E-state index contributed by atoms with van der Waals surface area (Å²) in [5.74, 6) is -0.169. The molecule has 0 fully saturated rings. The molecule has 9 heteroatoms. The Bertz CT molecular complexity index is 899. The van der Waals surface area contributed by atoms with Crippen molar-refractivity contribution in [3.05, 3.63) is 66.2 Å². The number of methoxy groups -OCH3 is 1. The van der Waals surface area contributed by atoms with E-state index in [2.05, 4.69) is 20.1 Å². The van der Waals surface area contributed by atoms with E-state index in [0.717, 1.165) is 5.69 Å². The first-order valence-electron chi connectivity index (χ1n) is 7.92. The van der Waals surface area contributed by atoms with Gasteiger partial charge in [0.1, 0.15) is 12.7 Å². The van der Waals surface area contributed by atoms with Crippen LogP contribution in [0.4, 0.5) is 8.78 Å². The highest BCUT2D eigenvalue weighted by Gasteiger charge is 2.12. The molecule has 0 aliphatic rings. The summed E-state index contributed by atoms with van der Waals surface area (Å²) in [5.41, 5.74) is 1.94. The lowest BCUT2D eigenvalue weighted by Gasteiger charge is -2.12. The van der Waals surface area contributed by atoms with Gasteiger partial charge in [-0.15, -0.1) is 0 Å². The number of carbonyl (C=O) groups excluding carboxylic acids is 1. The van der Waals surface area contributed by atoms with Gasteiger partial charge in [-0.1, -0.05) is 6.07 Å². The number of alkyl halides is 2. The predicted octanol–water partition coefficient (Wildman–Crippen LogP) is 2.81. The fourth-order valence-corrected chi connectivity index (χ4v) is 2.41. The highest BCUT2D eigenvalue weighted by Crippen LogP contribution is 2.29. The van der Waals surface area contributed by atoms with Gasteiger partial charge in [0.25, 0.3) is 5.91 Å². The molecule has 0 unspecified atom stereocenters. The van der Waals surface area contributed by atoms with Gasteiger partial charge in [0.2, 0.25) is 0 Å². The number of rotatable bonds is 7. The van der Waals surface area contributed by atoms with Crippen LogP contribution < -0.4 is 14.8 Å². The van der Waals surface area contributed by atoms with Gasteiger partial charge in [-0.2, -0.15) is 13.9 Å². The SMILES string of the molecule is COc1cc(CNC(=O)c2ccc(-n3cncn3)cc2)ccc1OC(F)F. The van der Waals surface area contributed by atoms with Crippen LogP contribution in [0.25, 0.3) is 5.69 Å². The topological polar surface area (TPSA) is 78.3 Å². The van der Waals surface area contributed by atoms with Gasteiger partial charge >= 0.3 is 6.61 Å². The largest absolute Gasteiger partial charge is 0.493 e. The van der Waals surface area contributed by atoms with Crippen LogP contribution >= 0.6 is 0 Å². The lowest BCUT2D eigenvalue weighted by molar-refractivity contribution is -0.0512. The Hall–Kier alpha value is -3.49. The molecule has 2 aromatic carbocycles. The molecule has 7 nitrogen and oxygen atoms in total. The summed E-state index contributed by atoms with van der Waals surface area (Å²) < 4.78 is 35.7. The molecule has 1 heterocycles. The standard InChI is InChI=1S/C18H16F2N4O3/c1-26-16-8-12(2-7-15(16)27-18(19)20)9-22-17(25)13-3-5-14(6-4-13)24-11-21-10-23-24/h2-8,10-11,18H,9H2,1H3,(H,22,25). The number of benzene rings is 2. The van der Waals surface area contributed by atoms with Crippen molar-refractivity contribution in [2.45, 2.75) is 13.2 Å². The molecule has 0 aliphatic carbocycles. The monoisotopic (exact) mass is 374 g/mol. The zero-order valence-electron chi connectivity index (χ0n) is 14.3. The van der Waals surface area contributed by atoms with E-state index in [-0.39, 0.29) is 24.0 Å². The maximum atomic E-state index is 12.4. The lowest BCUT2D eigenvalue weighted by Crippen LogP contribution is -2.22. The minimum atomic E-state index is -2.94. The summed E-state index contributed by atoms with van der Waals surface area (Å²) >= 11 is 0. The van der Waals surface area contributed by atoms with Gasteiger partial charge in [0.05, 0.1) is 12.8 Å². The second kappa shape index (κ2) is 8.26. The van der Waals surface area contributed by atoms with Crippen molar-refractivity contribution in [1.29, 1.82) is 0 Å². The Labute approximate surface area is 153 Å². The van der Waals surface area contributed by atoms with Gasteiger partial charge in [0, 0.05) is 12.1 Å². The van der Waals surface area contributed by atoms with Crippen molar-refractivity contribution in [2.24, 2.45) is 0 Å². The maximum absolute atomic E-state index is 12.4. The number of nitrogens with zero attached hydrogens (tertiary/aromatic N) is 3. The van der Waals surface area contributed by atoms with Crippen LogP contribution in [0.1, 0.15) is 15.9 Å². The Morgan fingerprint density at radius 1 is 1.19 bits per heavy atom. The third-order valence-electron chi connectivity index (χ3n) is 3.71.